The van der Waals surface area contributed by atoms with E-state index in [9.17, 15) is 4.79 Å². The first-order valence-electron chi connectivity index (χ1n) is 7.17. The molecule has 0 saturated carbocycles. The minimum Gasteiger partial charge on any atom is -0.367 e. The monoisotopic (exact) mass is 259 g/mol. The summed E-state index contributed by atoms with van der Waals surface area (Å²) < 4.78 is 5.77. The number of aryl methyl sites for hydroxylation is 1. The van der Waals surface area contributed by atoms with E-state index in [1.807, 2.05) is 18.2 Å². The van der Waals surface area contributed by atoms with Gasteiger partial charge in [-0.25, -0.2) is 0 Å². The Morgan fingerprint density at radius 1 is 1.42 bits per heavy atom. The van der Waals surface area contributed by atoms with Crippen LogP contribution in [0.5, 0.6) is 0 Å². The summed E-state index contributed by atoms with van der Waals surface area (Å²) in [6.07, 6.45) is 2.73. The Labute approximate surface area is 114 Å². The molecule has 1 aromatic rings. The fourth-order valence-electron chi connectivity index (χ4n) is 3.12. The van der Waals surface area contributed by atoms with Crippen LogP contribution in [0, 0.1) is 6.92 Å². The maximum absolute atomic E-state index is 12.4. The lowest BCUT2D eigenvalue weighted by Gasteiger charge is -2.34. The van der Waals surface area contributed by atoms with Crippen LogP contribution >= 0.6 is 0 Å². The number of morpholine rings is 1. The lowest BCUT2D eigenvalue weighted by molar-refractivity contribution is -0.137. The zero-order valence-corrected chi connectivity index (χ0v) is 11.5. The molecule has 2 aliphatic heterocycles. The summed E-state index contributed by atoms with van der Waals surface area (Å²) >= 11 is 0. The molecule has 3 rings (SSSR count). The quantitative estimate of drug-likeness (QED) is 0.831. The average Bonchev–Trinajstić information content (AvgIpc) is 2.88. The molecule has 2 aliphatic rings. The minimum atomic E-state index is -0.228. The number of carbonyl (C=O) groups is 1. The van der Waals surface area contributed by atoms with Crippen LogP contribution in [-0.4, -0.2) is 42.5 Å². The molecule has 0 aromatic heterocycles. The highest BCUT2D eigenvalue weighted by Crippen LogP contribution is 2.23. The number of nitrogens with zero attached hydrogens (tertiary/aromatic N) is 1. The summed E-state index contributed by atoms with van der Waals surface area (Å²) in [6.45, 7) is 4.70. The van der Waals surface area contributed by atoms with Crippen molar-refractivity contribution in [1.29, 1.82) is 0 Å². The largest absolute Gasteiger partial charge is 0.367 e. The summed E-state index contributed by atoms with van der Waals surface area (Å²) in [5.74, 6) is 0.222. The van der Waals surface area contributed by atoms with Gasteiger partial charge in [0.05, 0.1) is 6.61 Å². The molecule has 2 unspecified atom stereocenters. The van der Waals surface area contributed by atoms with Gasteiger partial charge < -0.3 is 4.74 Å². The third-order valence-electron chi connectivity index (χ3n) is 4.37. The molecule has 2 fully saturated rings. The standard InChI is InChI=1S/C16H21NO2/c1-12-5-2-3-6-13(12)9-15(18)16-10-17-8-4-7-14(17)11-19-16/h2-3,5-6,14,16H,4,7-11H2,1H3. The van der Waals surface area contributed by atoms with Gasteiger partial charge in [-0.2, -0.15) is 0 Å². The van der Waals surface area contributed by atoms with Gasteiger partial charge in [0, 0.05) is 19.0 Å². The van der Waals surface area contributed by atoms with E-state index in [-0.39, 0.29) is 11.9 Å². The van der Waals surface area contributed by atoms with Crippen molar-refractivity contribution in [2.45, 2.75) is 38.3 Å². The molecule has 2 heterocycles. The number of hydrogen-bond donors (Lipinski definition) is 0. The van der Waals surface area contributed by atoms with Gasteiger partial charge in [0.25, 0.3) is 0 Å². The van der Waals surface area contributed by atoms with E-state index in [1.54, 1.807) is 0 Å². The van der Waals surface area contributed by atoms with Crippen molar-refractivity contribution in [2.75, 3.05) is 19.7 Å². The Morgan fingerprint density at radius 3 is 3.11 bits per heavy atom. The molecule has 2 saturated heterocycles. The fraction of sp³-hybridized carbons (Fsp3) is 0.562. The SMILES string of the molecule is Cc1ccccc1CC(=O)C1CN2CCCC2CO1. The second-order valence-electron chi connectivity index (χ2n) is 5.68. The Bertz CT molecular complexity index is 472. The van der Waals surface area contributed by atoms with Crippen molar-refractivity contribution in [1.82, 2.24) is 4.90 Å². The third kappa shape index (κ3) is 2.72. The van der Waals surface area contributed by atoms with E-state index in [1.165, 1.54) is 18.4 Å². The molecule has 102 valence electrons. The Hall–Kier alpha value is -1.19. The maximum atomic E-state index is 12.4. The summed E-state index contributed by atoms with van der Waals surface area (Å²) in [7, 11) is 0. The van der Waals surface area contributed by atoms with Crippen LogP contribution in [0.15, 0.2) is 24.3 Å². The van der Waals surface area contributed by atoms with Gasteiger partial charge in [-0.05, 0) is 37.4 Å². The zero-order chi connectivity index (χ0) is 13.2. The number of benzene rings is 1. The number of hydrogen-bond acceptors (Lipinski definition) is 3. The van der Waals surface area contributed by atoms with Gasteiger partial charge in [-0.1, -0.05) is 24.3 Å². The van der Waals surface area contributed by atoms with Crippen LogP contribution in [0.3, 0.4) is 0 Å². The Balaban J connectivity index is 1.63. The second-order valence-corrected chi connectivity index (χ2v) is 5.68. The van der Waals surface area contributed by atoms with Crippen LogP contribution in [0.4, 0.5) is 0 Å². The van der Waals surface area contributed by atoms with Crippen LogP contribution in [0.2, 0.25) is 0 Å². The minimum absolute atomic E-state index is 0.222. The summed E-state index contributed by atoms with van der Waals surface area (Å²) in [6, 6.07) is 8.65. The van der Waals surface area contributed by atoms with Gasteiger partial charge in [0.1, 0.15) is 6.10 Å². The predicted octanol–water partition coefficient (Wildman–Crippen LogP) is 1.97. The highest BCUT2D eigenvalue weighted by Gasteiger charge is 2.35. The lowest BCUT2D eigenvalue weighted by atomic mass is 10.00. The van der Waals surface area contributed by atoms with Crippen LogP contribution in [0.25, 0.3) is 0 Å². The van der Waals surface area contributed by atoms with Crippen LogP contribution < -0.4 is 0 Å². The van der Waals surface area contributed by atoms with Crippen molar-refractivity contribution >= 4 is 5.78 Å². The molecule has 0 radical (unpaired) electrons. The van der Waals surface area contributed by atoms with Crippen molar-refractivity contribution in [3.8, 4) is 0 Å². The molecule has 2 atom stereocenters. The van der Waals surface area contributed by atoms with E-state index in [0.29, 0.717) is 12.5 Å². The molecule has 3 nitrogen and oxygen atoms in total. The van der Waals surface area contributed by atoms with Crippen molar-refractivity contribution < 1.29 is 9.53 Å². The lowest BCUT2D eigenvalue weighted by Crippen LogP contribution is -2.49. The Kier molecular flexibility index (Phi) is 3.67. The second kappa shape index (κ2) is 5.43. The number of ether oxygens (including phenoxy) is 1. The summed E-state index contributed by atoms with van der Waals surface area (Å²) in [5, 5.41) is 0. The van der Waals surface area contributed by atoms with E-state index in [2.05, 4.69) is 17.9 Å². The first kappa shape index (κ1) is 12.8. The molecule has 0 amide bonds. The molecule has 3 heteroatoms. The topological polar surface area (TPSA) is 29.5 Å². The van der Waals surface area contributed by atoms with Crippen LogP contribution in [-0.2, 0) is 16.0 Å². The van der Waals surface area contributed by atoms with E-state index >= 15 is 0 Å². The van der Waals surface area contributed by atoms with Crippen molar-refractivity contribution in [3.63, 3.8) is 0 Å². The normalized spacial score (nSPS) is 27.2. The molecule has 0 spiro atoms. The number of fused-ring (bicyclic) bond motifs is 1. The first-order chi connectivity index (χ1) is 9.24. The summed E-state index contributed by atoms with van der Waals surface area (Å²) in [4.78, 5) is 14.8. The van der Waals surface area contributed by atoms with Gasteiger partial charge >= 0.3 is 0 Å². The van der Waals surface area contributed by atoms with Crippen molar-refractivity contribution in [3.05, 3.63) is 35.4 Å². The fourth-order valence-corrected chi connectivity index (χ4v) is 3.12. The molecule has 0 N–H and O–H groups in total. The van der Waals surface area contributed by atoms with Gasteiger partial charge in [-0.3, -0.25) is 9.69 Å². The highest BCUT2D eigenvalue weighted by atomic mass is 16.5. The molecule has 19 heavy (non-hydrogen) atoms. The van der Waals surface area contributed by atoms with E-state index in [0.717, 1.165) is 25.3 Å². The summed E-state index contributed by atoms with van der Waals surface area (Å²) in [5.41, 5.74) is 2.31. The first-order valence-corrected chi connectivity index (χ1v) is 7.17. The Morgan fingerprint density at radius 2 is 2.26 bits per heavy atom. The van der Waals surface area contributed by atoms with Crippen molar-refractivity contribution in [2.24, 2.45) is 0 Å². The third-order valence-corrected chi connectivity index (χ3v) is 4.37. The van der Waals surface area contributed by atoms with Gasteiger partial charge in [0.15, 0.2) is 5.78 Å². The number of Topliss-reactive ketones (excluding diaryl/α,β-unsaturated/α-hetero) is 1. The van der Waals surface area contributed by atoms with Gasteiger partial charge in [0.2, 0.25) is 0 Å². The predicted molar refractivity (Wildman–Crippen MR) is 74.2 cm³/mol. The van der Waals surface area contributed by atoms with E-state index < -0.39 is 0 Å². The molecular formula is C16H21NO2. The van der Waals surface area contributed by atoms with Crippen LogP contribution in [0.1, 0.15) is 24.0 Å². The molecule has 1 aromatic carbocycles. The number of rotatable bonds is 3. The molecular weight excluding hydrogens is 238 g/mol. The van der Waals surface area contributed by atoms with E-state index in [4.69, 9.17) is 4.74 Å². The smallest absolute Gasteiger partial charge is 0.167 e. The highest BCUT2D eigenvalue weighted by molar-refractivity contribution is 5.85. The molecule has 0 aliphatic carbocycles. The molecule has 0 bridgehead atoms. The average molecular weight is 259 g/mol. The van der Waals surface area contributed by atoms with Gasteiger partial charge in [-0.15, -0.1) is 0 Å². The number of ketones is 1. The maximum Gasteiger partial charge on any atom is 0.167 e. The number of carbonyl (C=O) groups excluding carboxylic acids is 1. The zero-order valence-electron chi connectivity index (χ0n) is 11.5.